The fourth-order valence-corrected chi connectivity index (χ4v) is 6.67. The summed E-state index contributed by atoms with van der Waals surface area (Å²) in [6.07, 6.45) is 6.35. The molecule has 2 fully saturated rings. The van der Waals surface area contributed by atoms with Gasteiger partial charge in [0.1, 0.15) is 17.4 Å². The van der Waals surface area contributed by atoms with Crippen LogP contribution in [-0.2, 0) is 18.3 Å². The molecule has 2 aliphatic heterocycles. The highest BCUT2D eigenvalue weighted by molar-refractivity contribution is 6.06. The predicted octanol–water partition coefficient (Wildman–Crippen LogP) is 5.35. The van der Waals surface area contributed by atoms with E-state index in [4.69, 9.17) is 10.6 Å². The number of nitrogens with zero attached hydrogens (tertiary/aromatic N) is 9. The number of carbonyl (C=O) groups excluding carboxylic acids is 2. The molecule has 2 saturated heterocycles. The first kappa shape index (κ1) is 38.4. The van der Waals surface area contributed by atoms with Gasteiger partial charge in [-0.3, -0.25) is 19.6 Å². The molecule has 15 heteroatoms. The fourth-order valence-electron chi connectivity index (χ4n) is 6.67. The van der Waals surface area contributed by atoms with Gasteiger partial charge in [-0.05, 0) is 78.1 Å². The highest BCUT2D eigenvalue weighted by atomic mass is 19.1. The van der Waals surface area contributed by atoms with E-state index in [1.807, 2.05) is 49.1 Å². The molecule has 5 heterocycles. The van der Waals surface area contributed by atoms with Crippen molar-refractivity contribution in [2.24, 2.45) is 12.9 Å². The molecule has 0 atom stereocenters. The summed E-state index contributed by atoms with van der Waals surface area (Å²) in [7, 11) is 4.74. The van der Waals surface area contributed by atoms with E-state index in [9.17, 15) is 14.4 Å². The van der Waals surface area contributed by atoms with Crippen molar-refractivity contribution in [3.05, 3.63) is 107 Å². The number of hydrogen-bond donors (Lipinski definition) is 1. The number of Topliss-reactive ketones (excluding diaryl/α,β-unsaturated/α-hetero) is 1. The number of pyridine rings is 2. The van der Waals surface area contributed by atoms with Crippen molar-refractivity contribution in [2.45, 2.75) is 33.1 Å². The summed E-state index contributed by atoms with van der Waals surface area (Å²) in [5, 5.41) is 5.66. The van der Waals surface area contributed by atoms with E-state index in [1.54, 1.807) is 60.7 Å². The number of nitrogens with two attached hydrogens (primary N) is 1. The second kappa shape index (κ2) is 16.3. The number of aromatic nitrogens is 5. The summed E-state index contributed by atoms with van der Waals surface area (Å²) >= 11 is 0. The van der Waals surface area contributed by atoms with Crippen molar-refractivity contribution in [1.82, 2.24) is 29.3 Å². The summed E-state index contributed by atoms with van der Waals surface area (Å²) in [5.74, 6) is 5.49. The van der Waals surface area contributed by atoms with E-state index >= 15 is 4.39 Å². The van der Waals surface area contributed by atoms with E-state index in [1.165, 1.54) is 27.4 Å². The molecule has 5 aromatic rings. The Morgan fingerprint density at radius 3 is 2.31 bits per heavy atom. The molecule has 0 spiro atoms. The molecule has 286 valence electrons. The quantitative estimate of drug-likeness (QED) is 0.155. The highest BCUT2D eigenvalue weighted by Crippen LogP contribution is 2.40. The van der Waals surface area contributed by atoms with Crippen molar-refractivity contribution in [2.75, 3.05) is 55.0 Å². The Labute approximate surface area is 318 Å². The van der Waals surface area contributed by atoms with Crippen LogP contribution in [0.4, 0.5) is 26.4 Å². The number of amides is 2. The Kier molecular flexibility index (Phi) is 11.4. The molecule has 0 bridgehead atoms. The van der Waals surface area contributed by atoms with Crippen LogP contribution in [0.5, 0.6) is 6.01 Å². The topological polar surface area (TPSA) is 148 Å². The average Bonchev–Trinajstić information content (AvgIpc) is 3.72. The average molecular weight is 749 g/mol. The molecule has 7 rings (SSSR count). The zero-order chi connectivity index (χ0) is 39.4. The fraction of sp³-hybridized carbons (Fsp3) is 0.300. The maximum atomic E-state index is 15.9. The first-order valence-electron chi connectivity index (χ1n) is 18.0. The van der Waals surface area contributed by atoms with Gasteiger partial charge in [0.25, 0.3) is 0 Å². The van der Waals surface area contributed by atoms with Gasteiger partial charge in [0.05, 0.1) is 30.4 Å². The summed E-state index contributed by atoms with van der Waals surface area (Å²) in [4.78, 5) is 52.8. The molecule has 14 nitrogen and oxygen atoms in total. The molecule has 0 saturated carbocycles. The minimum absolute atomic E-state index is 0.110. The predicted molar refractivity (Wildman–Crippen MR) is 211 cm³/mol. The van der Waals surface area contributed by atoms with Gasteiger partial charge in [0.15, 0.2) is 0 Å². The molecule has 0 radical (unpaired) electrons. The van der Waals surface area contributed by atoms with Crippen molar-refractivity contribution in [3.8, 4) is 34.0 Å². The van der Waals surface area contributed by atoms with Crippen LogP contribution >= 0.6 is 0 Å². The number of aryl methyl sites for hydroxylation is 1. The van der Waals surface area contributed by atoms with Crippen molar-refractivity contribution in [3.63, 3.8) is 0 Å². The Bertz CT molecular complexity index is 2280. The molecule has 0 unspecified atom stereocenters. The Morgan fingerprint density at radius 2 is 1.67 bits per heavy atom. The van der Waals surface area contributed by atoms with E-state index in [-0.39, 0.29) is 17.8 Å². The molecule has 0 aliphatic carbocycles. The van der Waals surface area contributed by atoms with Crippen LogP contribution in [0.2, 0.25) is 0 Å². The number of methoxy groups -OCH3 is 1. The van der Waals surface area contributed by atoms with Gasteiger partial charge in [-0.25, -0.2) is 34.1 Å². The smallest absolute Gasteiger partial charge is 0.353 e. The third kappa shape index (κ3) is 7.82. The van der Waals surface area contributed by atoms with Crippen molar-refractivity contribution >= 4 is 29.0 Å². The second-order valence-corrected chi connectivity index (χ2v) is 13.3. The van der Waals surface area contributed by atoms with E-state index < -0.39 is 11.5 Å². The van der Waals surface area contributed by atoms with Crippen molar-refractivity contribution in [1.29, 1.82) is 0 Å². The normalized spacial score (nSPS) is 14.2. The number of allylic oxidation sites excluding steroid dienone is 1. The van der Waals surface area contributed by atoms with Gasteiger partial charge in [-0.1, -0.05) is 25.6 Å². The Morgan fingerprint density at radius 1 is 0.945 bits per heavy atom. The number of ether oxygens (including phenoxy) is 1. The Balaban J connectivity index is 0.000000794. The third-order valence-corrected chi connectivity index (χ3v) is 9.76. The second-order valence-electron chi connectivity index (χ2n) is 13.3. The molecule has 3 aromatic heterocycles. The van der Waals surface area contributed by atoms with Crippen LogP contribution in [0.3, 0.4) is 0 Å². The SMILES string of the molecule is C=C(C)N(C)N.CCc1c(-c2ccc(-n3c(OC)nn(C)c3=O)cc2-c2ccc(N3CCC(=O)CC3)c(F)c2)ccnc1N1CCN(c2cccnc2)C1=O. The number of hydrogen-bond acceptors (Lipinski definition) is 10. The number of anilines is 3. The number of urea groups is 1. The molecule has 2 aromatic carbocycles. The van der Waals surface area contributed by atoms with E-state index in [2.05, 4.69) is 21.6 Å². The Hall–Kier alpha value is -6.35. The third-order valence-electron chi connectivity index (χ3n) is 9.76. The summed E-state index contributed by atoms with van der Waals surface area (Å²) in [6, 6.07) is 16.0. The monoisotopic (exact) mass is 748 g/mol. The van der Waals surface area contributed by atoms with E-state index in [0.717, 1.165) is 22.4 Å². The van der Waals surface area contributed by atoms with Crippen LogP contribution in [-0.4, -0.2) is 81.5 Å². The maximum Gasteiger partial charge on any atom is 0.353 e. The lowest BCUT2D eigenvalue weighted by Crippen LogP contribution is -2.34. The lowest BCUT2D eigenvalue weighted by atomic mass is 9.90. The number of carbonyl (C=O) groups is 2. The largest absolute Gasteiger partial charge is 0.467 e. The molecular weight excluding hydrogens is 704 g/mol. The zero-order valence-electron chi connectivity index (χ0n) is 31.7. The number of ketones is 1. The molecular formula is C40H45FN10O4. The van der Waals surface area contributed by atoms with Gasteiger partial charge in [-0.2, -0.15) is 0 Å². The zero-order valence-corrected chi connectivity index (χ0v) is 31.7. The van der Waals surface area contributed by atoms with E-state index in [0.29, 0.717) is 79.4 Å². The van der Waals surface area contributed by atoms with Gasteiger partial charge >= 0.3 is 17.7 Å². The first-order valence-corrected chi connectivity index (χ1v) is 18.0. The molecule has 2 N–H and O–H groups in total. The van der Waals surface area contributed by atoms with Crippen molar-refractivity contribution < 1.29 is 18.7 Å². The van der Waals surface area contributed by atoms with Gasteiger partial charge in [0, 0.05) is 76.8 Å². The number of hydrazine groups is 1. The summed E-state index contributed by atoms with van der Waals surface area (Å²) in [6.45, 7) is 9.27. The minimum atomic E-state index is -0.413. The molecule has 2 aliphatic rings. The maximum absolute atomic E-state index is 15.9. The first-order chi connectivity index (χ1) is 26.4. The van der Waals surface area contributed by atoms with Crippen LogP contribution < -0.4 is 31.0 Å². The lowest BCUT2D eigenvalue weighted by Gasteiger charge is -2.28. The van der Waals surface area contributed by atoms with Gasteiger partial charge in [0.2, 0.25) is 0 Å². The number of halogens is 1. The van der Waals surface area contributed by atoms with Crippen LogP contribution in [0, 0.1) is 5.82 Å². The van der Waals surface area contributed by atoms with Crippen LogP contribution in [0.25, 0.3) is 27.9 Å². The van der Waals surface area contributed by atoms with Crippen LogP contribution in [0.1, 0.15) is 32.3 Å². The lowest BCUT2D eigenvalue weighted by molar-refractivity contribution is -0.119. The number of rotatable bonds is 9. The standard InChI is InChI=1S/C36H35FN8O4.C4H10N2/c1-4-27-29(11-15-39-33(27)44-19-18-43(36(44)48)25-6-5-14-38-22-25)28-9-8-24(45-34(49-3)40-41(2)35(45)47)21-30(28)23-7-10-32(31(37)20-23)42-16-12-26(46)13-17-42;1-4(2)6(3)5/h5-11,14-15,20-22H,4,12-13,16-19H2,1-3H3;1,5H2,2-3H3. The number of benzene rings is 2. The summed E-state index contributed by atoms with van der Waals surface area (Å²) < 4.78 is 23.9. The summed E-state index contributed by atoms with van der Waals surface area (Å²) in [5.41, 5.74) is 5.80. The number of piperidine rings is 1. The van der Waals surface area contributed by atoms with Gasteiger partial charge in [-0.15, -0.1) is 5.10 Å². The molecule has 55 heavy (non-hydrogen) atoms. The van der Waals surface area contributed by atoms with Crippen LogP contribution in [0.15, 0.2) is 90.3 Å². The van der Waals surface area contributed by atoms with Gasteiger partial charge < -0.3 is 14.6 Å². The molecule has 2 amide bonds. The minimum Gasteiger partial charge on any atom is -0.467 e. The highest BCUT2D eigenvalue weighted by Gasteiger charge is 2.33.